The lowest BCUT2D eigenvalue weighted by molar-refractivity contribution is 0.222. The van der Waals surface area contributed by atoms with Gasteiger partial charge in [0, 0.05) is 25.2 Å². The summed E-state index contributed by atoms with van der Waals surface area (Å²) in [5.74, 6) is 0. The number of hydrogen-bond donors (Lipinski definition) is 2. The highest BCUT2D eigenvalue weighted by Gasteiger charge is 2.28. The molecule has 3 heteroatoms. The topological polar surface area (TPSA) is 35.5 Å². The third-order valence-electron chi connectivity index (χ3n) is 4.87. The van der Waals surface area contributed by atoms with Crippen molar-refractivity contribution in [3.8, 4) is 0 Å². The average Bonchev–Trinajstić information content (AvgIpc) is 3.09. The molecule has 1 aliphatic heterocycles. The molecule has 122 valence electrons. The minimum absolute atomic E-state index is 0.0215. The van der Waals surface area contributed by atoms with Crippen molar-refractivity contribution in [2.75, 3.05) is 19.7 Å². The number of rotatable bonds is 6. The van der Waals surface area contributed by atoms with Crippen molar-refractivity contribution in [3.05, 3.63) is 71.8 Å². The van der Waals surface area contributed by atoms with Crippen molar-refractivity contribution in [3.63, 3.8) is 0 Å². The molecule has 1 heterocycles. The van der Waals surface area contributed by atoms with Crippen LogP contribution in [0, 0.1) is 0 Å². The molecule has 0 bridgehead atoms. The summed E-state index contributed by atoms with van der Waals surface area (Å²) in [6, 6.07) is 21.8. The minimum Gasteiger partial charge on any atom is -0.394 e. The Morgan fingerprint density at radius 1 is 1.04 bits per heavy atom. The fourth-order valence-electron chi connectivity index (χ4n) is 3.44. The van der Waals surface area contributed by atoms with Gasteiger partial charge in [0.05, 0.1) is 12.6 Å². The van der Waals surface area contributed by atoms with Crippen molar-refractivity contribution in [2.24, 2.45) is 0 Å². The maximum Gasteiger partial charge on any atom is 0.0626 e. The maximum absolute atomic E-state index is 9.72. The molecule has 1 aliphatic rings. The number of hydrogen-bond acceptors (Lipinski definition) is 3. The standard InChI is InChI=1S/C20H26N2O/c1-16(17-8-4-2-5-9-17)22-13-12-19(14-22)21-20(15-23)18-10-6-3-7-11-18/h2-11,16,19-21,23H,12-15H2,1H3/t16?,19?,20-/m1/s1. The van der Waals surface area contributed by atoms with Crippen molar-refractivity contribution in [2.45, 2.75) is 31.5 Å². The van der Waals surface area contributed by atoms with E-state index in [0.29, 0.717) is 12.1 Å². The van der Waals surface area contributed by atoms with E-state index >= 15 is 0 Å². The SMILES string of the molecule is CC(c1ccccc1)N1CCC(N[C@H](CO)c2ccccc2)C1. The first-order valence-electron chi connectivity index (χ1n) is 8.49. The van der Waals surface area contributed by atoms with Gasteiger partial charge in [-0.15, -0.1) is 0 Å². The maximum atomic E-state index is 9.72. The summed E-state index contributed by atoms with van der Waals surface area (Å²) in [5.41, 5.74) is 2.53. The third kappa shape index (κ3) is 3.99. The number of benzene rings is 2. The van der Waals surface area contributed by atoms with Crippen molar-refractivity contribution < 1.29 is 5.11 Å². The second-order valence-corrected chi connectivity index (χ2v) is 6.38. The molecule has 2 N–H and O–H groups in total. The van der Waals surface area contributed by atoms with Gasteiger partial charge in [0.1, 0.15) is 0 Å². The zero-order valence-electron chi connectivity index (χ0n) is 13.7. The lowest BCUT2D eigenvalue weighted by Gasteiger charge is -2.26. The normalized spacial score (nSPS) is 21.2. The Morgan fingerprint density at radius 3 is 2.26 bits per heavy atom. The molecule has 0 amide bonds. The smallest absolute Gasteiger partial charge is 0.0626 e. The van der Waals surface area contributed by atoms with Crippen LogP contribution in [0.25, 0.3) is 0 Å². The van der Waals surface area contributed by atoms with Crippen LogP contribution in [0.15, 0.2) is 60.7 Å². The van der Waals surface area contributed by atoms with Gasteiger partial charge in [-0.25, -0.2) is 0 Å². The van der Waals surface area contributed by atoms with E-state index < -0.39 is 0 Å². The fourth-order valence-corrected chi connectivity index (χ4v) is 3.44. The summed E-state index contributed by atoms with van der Waals surface area (Å²) in [6.07, 6.45) is 1.13. The van der Waals surface area contributed by atoms with E-state index in [1.54, 1.807) is 0 Å². The van der Waals surface area contributed by atoms with Gasteiger partial charge in [-0.05, 0) is 24.5 Å². The molecule has 1 fully saturated rings. The Hall–Kier alpha value is -1.68. The van der Waals surface area contributed by atoms with E-state index in [2.05, 4.69) is 59.6 Å². The Kier molecular flexibility index (Phi) is 5.44. The summed E-state index contributed by atoms with van der Waals surface area (Å²) in [7, 11) is 0. The molecule has 2 unspecified atom stereocenters. The van der Waals surface area contributed by atoms with E-state index in [9.17, 15) is 5.11 Å². The van der Waals surface area contributed by atoms with Crippen LogP contribution >= 0.6 is 0 Å². The molecule has 1 saturated heterocycles. The highest BCUT2D eigenvalue weighted by Crippen LogP contribution is 2.25. The molecule has 2 aromatic rings. The molecular weight excluding hydrogens is 284 g/mol. The number of aliphatic hydroxyl groups is 1. The Morgan fingerprint density at radius 2 is 1.65 bits per heavy atom. The molecule has 3 nitrogen and oxygen atoms in total. The first kappa shape index (κ1) is 16.2. The lowest BCUT2D eigenvalue weighted by atomic mass is 10.1. The second-order valence-electron chi connectivity index (χ2n) is 6.38. The van der Waals surface area contributed by atoms with Gasteiger partial charge >= 0.3 is 0 Å². The molecule has 0 aromatic heterocycles. The highest BCUT2D eigenvalue weighted by molar-refractivity contribution is 5.20. The van der Waals surface area contributed by atoms with Gasteiger partial charge in [0.25, 0.3) is 0 Å². The monoisotopic (exact) mass is 310 g/mol. The van der Waals surface area contributed by atoms with Crippen LogP contribution in [0.2, 0.25) is 0 Å². The van der Waals surface area contributed by atoms with Crippen LogP contribution in [-0.4, -0.2) is 35.7 Å². The van der Waals surface area contributed by atoms with E-state index in [1.807, 2.05) is 18.2 Å². The molecule has 0 aliphatic carbocycles. The van der Waals surface area contributed by atoms with Crippen LogP contribution in [0.4, 0.5) is 0 Å². The summed E-state index contributed by atoms with van der Waals surface area (Å²) >= 11 is 0. The van der Waals surface area contributed by atoms with Crippen LogP contribution < -0.4 is 5.32 Å². The summed E-state index contributed by atoms with van der Waals surface area (Å²) < 4.78 is 0. The Labute approximate surface area is 139 Å². The first-order chi connectivity index (χ1) is 11.3. The van der Waals surface area contributed by atoms with Crippen LogP contribution in [0.1, 0.15) is 36.6 Å². The summed E-state index contributed by atoms with van der Waals surface area (Å²) in [6.45, 7) is 4.53. The average molecular weight is 310 g/mol. The first-order valence-corrected chi connectivity index (χ1v) is 8.49. The van der Waals surface area contributed by atoms with E-state index in [4.69, 9.17) is 0 Å². The van der Waals surface area contributed by atoms with E-state index in [0.717, 1.165) is 25.1 Å². The van der Waals surface area contributed by atoms with Gasteiger partial charge in [-0.3, -0.25) is 4.90 Å². The molecule has 2 aromatic carbocycles. The van der Waals surface area contributed by atoms with Gasteiger partial charge in [0.2, 0.25) is 0 Å². The van der Waals surface area contributed by atoms with E-state index in [1.165, 1.54) is 5.56 Å². The van der Waals surface area contributed by atoms with Gasteiger partial charge < -0.3 is 10.4 Å². The van der Waals surface area contributed by atoms with Gasteiger partial charge in [-0.2, -0.15) is 0 Å². The molecule has 3 atom stereocenters. The van der Waals surface area contributed by atoms with Crippen molar-refractivity contribution in [1.29, 1.82) is 0 Å². The molecule has 0 radical (unpaired) electrons. The summed E-state index contributed by atoms with van der Waals surface area (Å²) in [5, 5.41) is 13.3. The Bertz CT molecular complexity index is 587. The lowest BCUT2D eigenvalue weighted by Crippen LogP contribution is -2.37. The molecule has 3 rings (SSSR count). The van der Waals surface area contributed by atoms with Crippen LogP contribution in [0.3, 0.4) is 0 Å². The molecule has 0 spiro atoms. The largest absolute Gasteiger partial charge is 0.394 e. The van der Waals surface area contributed by atoms with Crippen molar-refractivity contribution >= 4 is 0 Å². The summed E-state index contributed by atoms with van der Waals surface area (Å²) in [4.78, 5) is 2.52. The van der Waals surface area contributed by atoms with Crippen LogP contribution in [-0.2, 0) is 0 Å². The Balaban J connectivity index is 1.59. The van der Waals surface area contributed by atoms with Gasteiger partial charge in [-0.1, -0.05) is 60.7 Å². The predicted molar refractivity (Wildman–Crippen MR) is 94.2 cm³/mol. The predicted octanol–water partition coefficient (Wildman–Crippen LogP) is 3.15. The molecule has 0 saturated carbocycles. The highest BCUT2D eigenvalue weighted by atomic mass is 16.3. The quantitative estimate of drug-likeness (QED) is 0.860. The zero-order chi connectivity index (χ0) is 16.1. The molecule has 23 heavy (non-hydrogen) atoms. The van der Waals surface area contributed by atoms with E-state index in [-0.39, 0.29) is 12.6 Å². The van der Waals surface area contributed by atoms with Crippen LogP contribution in [0.5, 0.6) is 0 Å². The fraction of sp³-hybridized carbons (Fsp3) is 0.400. The second kappa shape index (κ2) is 7.73. The number of aliphatic hydroxyl groups excluding tert-OH is 1. The number of nitrogens with one attached hydrogen (secondary N) is 1. The number of likely N-dealkylation sites (tertiary alicyclic amines) is 1. The van der Waals surface area contributed by atoms with Gasteiger partial charge in [0.15, 0.2) is 0 Å². The zero-order valence-corrected chi connectivity index (χ0v) is 13.7. The van der Waals surface area contributed by atoms with Crippen molar-refractivity contribution in [1.82, 2.24) is 10.2 Å². The molecular formula is C20H26N2O. The minimum atomic E-state index is 0.0215. The third-order valence-corrected chi connectivity index (χ3v) is 4.87. The number of nitrogens with zero attached hydrogens (tertiary/aromatic N) is 1.